The van der Waals surface area contributed by atoms with E-state index in [9.17, 15) is 0 Å². The molecule has 3 fully saturated rings. The summed E-state index contributed by atoms with van der Waals surface area (Å²) in [6.45, 7) is 4.73. The van der Waals surface area contributed by atoms with E-state index in [1.54, 1.807) is 11.1 Å². The van der Waals surface area contributed by atoms with E-state index in [0.717, 1.165) is 35.5 Å². The fraction of sp³-hybridized carbons (Fsp3) is 0.793. The van der Waals surface area contributed by atoms with Crippen LogP contribution in [0.2, 0.25) is 0 Å². The molecule has 3 aliphatic carbocycles. The van der Waals surface area contributed by atoms with Crippen LogP contribution in [0, 0.1) is 23.7 Å². The molecule has 0 unspecified atom stereocenters. The van der Waals surface area contributed by atoms with Crippen LogP contribution in [0.1, 0.15) is 133 Å². The first-order chi connectivity index (χ1) is 14.3. The Hall–Kier alpha value is -0.780. The molecule has 3 saturated carbocycles. The van der Waals surface area contributed by atoms with E-state index in [4.69, 9.17) is 0 Å². The van der Waals surface area contributed by atoms with Crippen molar-refractivity contribution >= 4 is 0 Å². The highest BCUT2D eigenvalue weighted by Crippen LogP contribution is 2.45. The Kier molecular flexibility index (Phi) is 7.77. The first-order valence-corrected chi connectivity index (χ1v) is 13.4. The highest BCUT2D eigenvalue weighted by molar-refractivity contribution is 5.28. The van der Waals surface area contributed by atoms with Crippen LogP contribution in [-0.4, -0.2) is 0 Å². The van der Waals surface area contributed by atoms with Crippen molar-refractivity contribution in [1.29, 1.82) is 0 Å². The minimum Gasteiger partial charge on any atom is -0.0654 e. The van der Waals surface area contributed by atoms with Gasteiger partial charge in [0.25, 0.3) is 0 Å². The predicted molar refractivity (Wildman–Crippen MR) is 126 cm³/mol. The van der Waals surface area contributed by atoms with Crippen molar-refractivity contribution in [1.82, 2.24) is 0 Å². The van der Waals surface area contributed by atoms with Crippen LogP contribution in [0.15, 0.2) is 24.3 Å². The second-order valence-electron chi connectivity index (χ2n) is 11.0. The molecule has 0 spiro atoms. The summed E-state index contributed by atoms with van der Waals surface area (Å²) in [6.07, 6.45) is 22.0. The van der Waals surface area contributed by atoms with Crippen molar-refractivity contribution in [3.8, 4) is 0 Å². The fourth-order valence-electron chi connectivity index (χ4n) is 7.22. The van der Waals surface area contributed by atoms with Gasteiger partial charge < -0.3 is 0 Å². The number of hydrogen-bond acceptors (Lipinski definition) is 0. The molecule has 3 aliphatic rings. The van der Waals surface area contributed by atoms with Gasteiger partial charge in [-0.25, -0.2) is 0 Å². The van der Waals surface area contributed by atoms with Gasteiger partial charge in [0.1, 0.15) is 0 Å². The third-order valence-electron chi connectivity index (χ3n) is 9.33. The third-order valence-corrected chi connectivity index (χ3v) is 9.33. The van der Waals surface area contributed by atoms with Gasteiger partial charge in [0.2, 0.25) is 0 Å². The van der Waals surface area contributed by atoms with Crippen LogP contribution >= 0.6 is 0 Å². The zero-order chi connectivity index (χ0) is 20.1. The zero-order valence-corrected chi connectivity index (χ0v) is 19.4. The van der Waals surface area contributed by atoms with Crippen LogP contribution in [0.4, 0.5) is 0 Å². The van der Waals surface area contributed by atoms with Crippen molar-refractivity contribution < 1.29 is 0 Å². The first kappa shape index (κ1) is 21.5. The highest BCUT2D eigenvalue weighted by atomic mass is 14.4. The highest BCUT2D eigenvalue weighted by Gasteiger charge is 2.31. The molecule has 0 atom stereocenters. The Bertz CT molecular complexity index is 575. The summed E-state index contributed by atoms with van der Waals surface area (Å²) in [6, 6.07) is 10.0. The average Bonchev–Trinajstić information content (AvgIpc) is 2.80. The summed E-state index contributed by atoms with van der Waals surface area (Å²) in [5, 5.41) is 0. The molecule has 0 N–H and O–H groups in total. The molecule has 1 aromatic rings. The molecule has 0 radical (unpaired) electrons. The second-order valence-corrected chi connectivity index (χ2v) is 11.0. The molecule has 0 bridgehead atoms. The summed E-state index contributed by atoms with van der Waals surface area (Å²) >= 11 is 0. The maximum absolute atomic E-state index is 2.50. The van der Waals surface area contributed by atoms with Crippen molar-refractivity contribution in [2.75, 3.05) is 0 Å². The van der Waals surface area contributed by atoms with E-state index in [1.165, 1.54) is 96.3 Å². The van der Waals surface area contributed by atoms with Gasteiger partial charge in [-0.15, -0.1) is 0 Å². The molecule has 162 valence electrons. The lowest BCUT2D eigenvalue weighted by Crippen LogP contribution is -2.25. The molecule has 4 rings (SSSR count). The van der Waals surface area contributed by atoms with Gasteiger partial charge in [0.15, 0.2) is 0 Å². The van der Waals surface area contributed by atoms with Crippen molar-refractivity contribution in [3.05, 3.63) is 35.4 Å². The van der Waals surface area contributed by atoms with E-state index < -0.39 is 0 Å². The smallest absolute Gasteiger partial charge is 0.0162 e. The van der Waals surface area contributed by atoms with E-state index in [2.05, 4.69) is 38.1 Å². The van der Waals surface area contributed by atoms with E-state index in [0.29, 0.717) is 0 Å². The zero-order valence-electron chi connectivity index (χ0n) is 19.4. The van der Waals surface area contributed by atoms with Gasteiger partial charge in [0, 0.05) is 0 Å². The number of benzene rings is 1. The van der Waals surface area contributed by atoms with Crippen LogP contribution in [0.5, 0.6) is 0 Å². The SMILES string of the molecule is CCC[C@H]1CC[C@H](c2ccc(C3CCC([C@H]4CC[C@H](CC)CC4)CC3)cc2)CC1. The lowest BCUT2D eigenvalue weighted by molar-refractivity contribution is 0.158. The first-order valence-electron chi connectivity index (χ1n) is 13.4. The van der Waals surface area contributed by atoms with Crippen molar-refractivity contribution in [2.24, 2.45) is 23.7 Å². The van der Waals surface area contributed by atoms with Crippen LogP contribution in [0.3, 0.4) is 0 Å². The fourth-order valence-corrected chi connectivity index (χ4v) is 7.22. The van der Waals surface area contributed by atoms with Gasteiger partial charge in [-0.1, -0.05) is 70.2 Å². The topological polar surface area (TPSA) is 0 Å². The Morgan fingerprint density at radius 3 is 1.41 bits per heavy atom. The molecular formula is C29H46. The molecule has 0 aliphatic heterocycles. The number of rotatable bonds is 6. The Morgan fingerprint density at radius 1 is 0.552 bits per heavy atom. The summed E-state index contributed by atoms with van der Waals surface area (Å²) in [4.78, 5) is 0. The van der Waals surface area contributed by atoms with Gasteiger partial charge in [-0.05, 0) is 111 Å². The molecule has 0 heterocycles. The van der Waals surface area contributed by atoms with Crippen LogP contribution in [0.25, 0.3) is 0 Å². The minimum atomic E-state index is 0.839. The molecule has 0 saturated heterocycles. The summed E-state index contributed by atoms with van der Waals surface area (Å²) in [5.41, 5.74) is 3.27. The monoisotopic (exact) mass is 394 g/mol. The summed E-state index contributed by atoms with van der Waals surface area (Å²) in [7, 11) is 0. The van der Waals surface area contributed by atoms with Crippen LogP contribution in [-0.2, 0) is 0 Å². The maximum Gasteiger partial charge on any atom is -0.0162 e. The summed E-state index contributed by atoms with van der Waals surface area (Å²) in [5.74, 6) is 5.84. The Morgan fingerprint density at radius 2 is 0.966 bits per heavy atom. The van der Waals surface area contributed by atoms with Crippen molar-refractivity contribution in [2.45, 2.75) is 122 Å². The van der Waals surface area contributed by atoms with Gasteiger partial charge in [0.05, 0.1) is 0 Å². The molecule has 0 aromatic heterocycles. The summed E-state index contributed by atoms with van der Waals surface area (Å²) < 4.78 is 0. The normalized spacial score (nSPS) is 36.1. The van der Waals surface area contributed by atoms with Gasteiger partial charge in [-0.2, -0.15) is 0 Å². The molecule has 0 heteroatoms. The van der Waals surface area contributed by atoms with Gasteiger partial charge >= 0.3 is 0 Å². The molecule has 29 heavy (non-hydrogen) atoms. The second kappa shape index (κ2) is 10.5. The van der Waals surface area contributed by atoms with E-state index in [1.807, 2.05) is 0 Å². The Balaban J connectivity index is 1.24. The quantitative estimate of drug-likeness (QED) is 0.451. The lowest BCUT2D eigenvalue weighted by Gasteiger charge is -2.38. The lowest BCUT2D eigenvalue weighted by atomic mass is 9.68. The third kappa shape index (κ3) is 5.48. The van der Waals surface area contributed by atoms with Crippen LogP contribution < -0.4 is 0 Å². The average molecular weight is 395 g/mol. The van der Waals surface area contributed by atoms with E-state index >= 15 is 0 Å². The Labute approximate surface area is 181 Å². The maximum atomic E-state index is 2.50. The van der Waals surface area contributed by atoms with E-state index in [-0.39, 0.29) is 0 Å². The minimum absolute atomic E-state index is 0.839. The van der Waals surface area contributed by atoms with Gasteiger partial charge in [-0.3, -0.25) is 0 Å². The predicted octanol–water partition coefficient (Wildman–Crippen LogP) is 9.25. The molecule has 1 aromatic carbocycles. The number of hydrogen-bond donors (Lipinski definition) is 0. The molecule has 0 nitrogen and oxygen atoms in total. The molecule has 0 amide bonds. The van der Waals surface area contributed by atoms with Crippen molar-refractivity contribution in [3.63, 3.8) is 0 Å². The standard InChI is InChI=1S/C29H46/c1-3-5-23-8-12-25(13-9-23)27-16-20-29(21-17-27)28-18-14-26(15-19-28)24-10-6-22(4-2)7-11-24/h16-17,20-26,28H,3-15,18-19H2,1-2H3/t22-,23-,24-,25-,26?,28?. The molecular weight excluding hydrogens is 348 g/mol. The largest absolute Gasteiger partial charge is 0.0654 e.